The molecule has 0 aliphatic carbocycles. The maximum absolute atomic E-state index is 12.3. The molecule has 2 aromatic rings. The number of hydrogen-bond acceptors (Lipinski definition) is 6. The molecule has 1 saturated heterocycles. The van der Waals surface area contributed by atoms with E-state index in [0.717, 1.165) is 11.1 Å². The number of carbonyl (C=O) groups excluding carboxylic acids is 2. The van der Waals surface area contributed by atoms with Gasteiger partial charge >= 0.3 is 5.97 Å². The summed E-state index contributed by atoms with van der Waals surface area (Å²) in [5.74, 6) is 0.103. The Hall–Kier alpha value is -2.64. The van der Waals surface area contributed by atoms with Crippen LogP contribution in [0.25, 0.3) is 6.08 Å². The highest BCUT2D eigenvalue weighted by Crippen LogP contribution is 2.34. The number of esters is 1. The van der Waals surface area contributed by atoms with Gasteiger partial charge in [0, 0.05) is 7.05 Å². The first-order valence-corrected chi connectivity index (χ1v) is 9.30. The van der Waals surface area contributed by atoms with Crippen molar-refractivity contribution in [1.29, 1.82) is 0 Å². The Labute approximate surface area is 167 Å². The third-order valence-corrected chi connectivity index (χ3v) is 5.45. The lowest BCUT2D eigenvalue weighted by molar-refractivity contribution is -0.121. The Bertz CT molecular complexity index is 951. The van der Waals surface area contributed by atoms with E-state index < -0.39 is 5.97 Å². The van der Waals surface area contributed by atoms with Crippen molar-refractivity contribution in [3.8, 4) is 11.5 Å². The highest BCUT2D eigenvalue weighted by Gasteiger charge is 2.28. The van der Waals surface area contributed by atoms with Crippen molar-refractivity contribution in [2.45, 2.75) is 6.92 Å². The number of methoxy groups -OCH3 is 1. The SMILES string of the molecule is COc1cc(/C=C2\SC(=S)N(C)C2=O)ccc1OC(=O)c1ccc(C)cc1. The zero-order valence-corrected chi connectivity index (χ0v) is 16.6. The van der Waals surface area contributed by atoms with Crippen molar-refractivity contribution >= 4 is 46.3 Å². The van der Waals surface area contributed by atoms with Gasteiger partial charge in [-0.25, -0.2) is 4.79 Å². The summed E-state index contributed by atoms with van der Waals surface area (Å²) < 4.78 is 11.3. The second-order valence-corrected chi connectivity index (χ2v) is 7.58. The standard InChI is InChI=1S/C20H17NO4S2/c1-12-4-7-14(8-5-12)19(23)25-15-9-6-13(10-16(15)24-3)11-17-18(22)21(2)20(26)27-17/h4-11H,1-3H3/b17-11-. The van der Waals surface area contributed by atoms with Gasteiger partial charge in [0.05, 0.1) is 17.6 Å². The fourth-order valence-electron chi connectivity index (χ4n) is 2.40. The van der Waals surface area contributed by atoms with Crippen molar-refractivity contribution in [2.24, 2.45) is 0 Å². The van der Waals surface area contributed by atoms with Crippen molar-refractivity contribution < 1.29 is 19.1 Å². The number of likely N-dealkylation sites (N-methyl/N-ethyl adjacent to an activating group) is 1. The van der Waals surface area contributed by atoms with E-state index in [4.69, 9.17) is 21.7 Å². The van der Waals surface area contributed by atoms with Gasteiger partial charge in [0.1, 0.15) is 4.32 Å². The molecule has 0 unspecified atom stereocenters. The number of carbonyl (C=O) groups is 2. The van der Waals surface area contributed by atoms with E-state index in [9.17, 15) is 9.59 Å². The summed E-state index contributed by atoms with van der Waals surface area (Å²) in [6, 6.07) is 12.2. The van der Waals surface area contributed by atoms with Gasteiger partial charge in [-0.2, -0.15) is 0 Å². The van der Waals surface area contributed by atoms with Gasteiger partial charge in [0.15, 0.2) is 11.5 Å². The average molecular weight is 399 g/mol. The smallest absolute Gasteiger partial charge is 0.343 e. The van der Waals surface area contributed by atoms with Gasteiger partial charge in [0.2, 0.25) is 0 Å². The molecular formula is C20H17NO4S2. The van der Waals surface area contributed by atoms with Crippen molar-refractivity contribution in [2.75, 3.05) is 14.2 Å². The normalized spacial score (nSPS) is 15.4. The number of rotatable bonds is 4. The van der Waals surface area contributed by atoms with Gasteiger partial charge in [-0.3, -0.25) is 9.69 Å². The van der Waals surface area contributed by atoms with Gasteiger partial charge in [-0.1, -0.05) is 47.7 Å². The fourth-order valence-corrected chi connectivity index (χ4v) is 3.58. The topological polar surface area (TPSA) is 55.8 Å². The maximum Gasteiger partial charge on any atom is 0.343 e. The van der Waals surface area contributed by atoms with E-state index in [2.05, 4.69) is 0 Å². The largest absolute Gasteiger partial charge is 0.493 e. The molecule has 0 spiro atoms. The van der Waals surface area contributed by atoms with Crippen LogP contribution in [0.5, 0.6) is 11.5 Å². The van der Waals surface area contributed by atoms with Crippen LogP contribution in [0.1, 0.15) is 21.5 Å². The summed E-state index contributed by atoms with van der Waals surface area (Å²) >= 11 is 6.37. The van der Waals surface area contributed by atoms with E-state index in [1.165, 1.54) is 23.8 Å². The number of hydrogen-bond donors (Lipinski definition) is 0. The molecule has 138 valence electrons. The Morgan fingerprint density at radius 2 is 1.85 bits per heavy atom. The molecule has 1 aliphatic heterocycles. The van der Waals surface area contributed by atoms with Crippen molar-refractivity contribution in [1.82, 2.24) is 4.90 Å². The van der Waals surface area contributed by atoms with Crippen LogP contribution in [-0.2, 0) is 4.79 Å². The third-order valence-electron chi connectivity index (χ3n) is 3.96. The molecule has 7 heteroatoms. The summed E-state index contributed by atoms with van der Waals surface area (Å²) in [6.07, 6.45) is 1.73. The van der Waals surface area contributed by atoms with Crippen LogP contribution in [0.2, 0.25) is 0 Å². The zero-order valence-electron chi connectivity index (χ0n) is 15.0. The van der Waals surface area contributed by atoms with Crippen LogP contribution in [0.3, 0.4) is 0 Å². The molecule has 1 heterocycles. The zero-order chi connectivity index (χ0) is 19.6. The van der Waals surface area contributed by atoms with Crippen LogP contribution in [0, 0.1) is 6.92 Å². The minimum atomic E-state index is -0.465. The minimum absolute atomic E-state index is 0.140. The second kappa shape index (κ2) is 7.94. The second-order valence-electron chi connectivity index (χ2n) is 5.91. The molecule has 0 aromatic heterocycles. The predicted molar refractivity (Wildman–Crippen MR) is 110 cm³/mol. The quantitative estimate of drug-likeness (QED) is 0.335. The van der Waals surface area contributed by atoms with Gasteiger partial charge < -0.3 is 9.47 Å². The van der Waals surface area contributed by atoms with E-state index in [1.807, 2.05) is 19.1 Å². The predicted octanol–water partition coefficient (Wildman–Crippen LogP) is 4.05. The maximum atomic E-state index is 12.3. The Balaban J connectivity index is 1.82. The summed E-state index contributed by atoms with van der Waals surface area (Å²) in [5.41, 5.74) is 2.26. The molecule has 1 aliphatic rings. The highest BCUT2D eigenvalue weighted by atomic mass is 32.2. The van der Waals surface area contributed by atoms with Crippen LogP contribution in [-0.4, -0.2) is 35.3 Å². The summed E-state index contributed by atoms with van der Waals surface area (Å²) in [6.45, 7) is 1.95. The first-order chi connectivity index (χ1) is 12.9. The summed E-state index contributed by atoms with van der Waals surface area (Å²) in [4.78, 5) is 26.4. The molecule has 27 heavy (non-hydrogen) atoms. The number of ether oxygens (including phenoxy) is 2. The molecular weight excluding hydrogens is 382 g/mol. The number of thioether (sulfide) groups is 1. The number of thiocarbonyl (C=S) groups is 1. The first-order valence-electron chi connectivity index (χ1n) is 8.07. The summed E-state index contributed by atoms with van der Waals surface area (Å²) in [7, 11) is 3.14. The molecule has 5 nitrogen and oxygen atoms in total. The lowest BCUT2D eigenvalue weighted by atomic mass is 10.1. The van der Waals surface area contributed by atoms with Crippen LogP contribution >= 0.6 is 24.0 Å². The molecule has 0 radical (unpaired) electrons. The lowest BCUT2D eigenvalue weighted by Crippen LogP contribution is -2.22. The monoisotopic (exact) mass is 399 g/mol. The first kappa shape index (κ1) is 19.1. The number of benzene rings is 2. The van der Waals surface area contributed by atoms with E-state index in [1.54, 1.807) is 43.5 Å². The Morgan fingerprint density at radius 1 is 1.15 bits per heavy atom. The Kier molecular flexibility index (Phi) is 5.62. The van der Waals surface area contributed by atoms with Crippen LogP contribution < -0.4 is 9.47 Å². The average Bonchev–Trinajstić information content (AvgIpc) is 2.90. The van der Waals surface area contributed by atoms with Crippen LogP contribution in [0.4, 0.5) is 0 Å². The van der Waals surface area contributed by atoms with Crippen molar-refractivity contribution in [3.05, 3.63) is 64.1 Å². The van der Waals surface area contributed by atoms with Gasteiger partial charge in [-0.15, -0.1) is 0 Å². The fraction of sp³-hybridized carbons (Fsp3) is 0.150. The summed E-state index contributed by atoms with van der Waals surface area (Å²) in [5, 5.41) is 0. The molecule has 3 rings (SSSR count). The molecule has 0 saturated carbocycles. The molecule has 1 amide bonds. The molecule has 2 aromatic carbocycles. The molecule has 0 bridgehead atoms. The molecule has 0 N–H and O–H groups in total. The van der Waals surface area contributed by atoms with E-state index in [0.29, 0.717) is 26.3 Å². The van der Waals surface area contributed by atoms with Gasteiger partial charge in [-0.05, 0) is 42.8 Å². The van der Waals surface area contributed by atoms with E-state index >= 15 is 0 Å². The molecule has 1 fully saturated rings. The molecule has 0 atom stereocenters. The Morgan fingerprint density at radius 3 is 2.44 bits per heavy atom. The lowest BCUT2D eigenvalue weighted by Gasteiger charge is -2.10. The van der Waals surface area contributed by atoms with E-state index in [-0.39, 0.29) is 5.91 Å². The highest BCUT2D eigenvalue weighted by molar-refractivity contribution is 8.26. The minimum Gasteiger partial charge on any atom is -0.493 e. The number of amides is 1. The number of aryl methyl sites for hydroxylation is 1. The number of nitrogens with zero attached hydrogens (tertiary/aromatic N) is 1. The van der Waals surface area contributed by atoms with Crippen LogP contribution in [0.15, 0.2) is 47.4 Å². The van der Waals surface area contributed by atoms with Crippen molar-refractivity contribution in [3.63, 3.8) is 0 Å². The third kappa shape index (κ3) is 4.20. The van der Waals surface area contributed by atoms with Gasteiger partial charge in [0.25, 0.3) is 5.91 Å².